The van der Waals surface area contributed by atoms with Gasteiger partial charge in [0.15, 0.2) is 5.06 Å². The Morgan fingerprint density at radius 2 is 2.19 bits per heavy atom. The van der Waals surface area contributed by atoms with Crippen molar-refractivity contribution in [2.24, 2.45) is 7.05 Å². The summed E-state index contributed by atoms with van der Waals surface area (Å²) in [6.07, 6.45) is 4.19. The summed E-state index contributed by atoms with van der Waals surface area (Å²) < 4.78 is 7.21. The molecule has 0 aliphatic rings. The lowest BCUT2D eigenvalue weighted by Gasteiger charge is -2.00. The van der Waals surface area contributed by atoms with Crippen molar-refractivity contribution in [2.75, 3.05) is 7.11 Å². The van der Waals surface area contributed by atoms with Gasteiger partial charge in [-0.05, 0) is 23.8 Å². The minimum absolute atomic E-state index is 0.892. The van der Waals surface area contributed by atoms with Crippen molar-refractivity contribution in [3.05, 3.63) is 41.0 Å². The number of thiophene rings is 1. The standard InChI is InChI=1S/C12H16N2OS/c1-14-6-5-10(9-14)7-13-8-11-3-4-12(15-2)16-11/h3-6,9,13H,7-8H2,1-2H3. The third-order valence-electron chi connectivity index (χ3n) is 2.36. The van der Waals surface area contributed by atoms with Crippen LogP contribution in [0.25, 0.3) is 0 Å². The summed E-state index contributed by atoms with van der Waals surface area (Å²) in [4.78, 5) is 1.30. The average Bonchev–Trinajstić information content (AvgIpc) is 2.88. The normalized spacial score (nSPS) is 10.6. The van der Waals surface area contributed by atoms with Crippen molar-refractivity contribution in [1.82, 2.24) is 9.88 Å². The Balaban J connectivity index is 1.79. The third-order valence-corrected chi connectivity index (χ3v) is 3.41. The second-order valence-corrected chi connectivity index (χ2v) is 4.84. The van der Waals surface area contributed by atoms with Gasteiger partial charge in [-0.2, -0.15) is 0 Å². The topological polar surface area (TPSA) is 26.2 Å². The second-order valence-electron chi connectivity index (χ2n) is 3.71. The zero-order chi connectivity index (χ0) is 11.4. The Hall–Kier alpha value is -1.26. The highest BCUT2D eigenvalue weighted by Gasteiger charge is 1.99. The molecule has 2 rings (SSSR count). The quantitative estimate of drug-likeness (QED) is 0.862. The molecule has 86 valence electrons. The van der Waals surface area contributed by atoms with Crippen LogP contribution in [0.2, 0.25) is 0 Å². The number of aryl methyl sites for hydroxylation is 1. The van der Waals surface area contributed by atoms with Crippen LogP contribution in [0.5, 0.6) is 5.06 Å². The minimum Gasteiger partial charge on any atom is -0.487 e. The van der Waals surface area contributed by atoms with Gasteiger partial charge < -0.3 is 14.6 Å². The van der Waals surface area contributed by atoms with Crippen LogP contribution in [-0.2, 0) is 20.1 Å². The van der Waals surface area contributed by atoms with E-state index in [1.54, 1.807) is 18.4 Å². The summed E-state index contributed by atoms with van der Waals surface area (Å²) in [5, 5.41) is 4.38. The number of nitrogens with one attached hydrogen (secondary N) is 1. The first-order valence-corrected chi connectivity index (χ1v) is 6.04. The van der Waals surface area contributed by atoms with E-state index in [1.807, 2.05) is 13.1 Å². The first-order valence-electron chi connectivity index (χ1n) is 5.22. The third kappa shape index (κ3) is 2.87. The average molecular weight is 236 g/mol. The van der Waals surface area contributed by atoms with E-state index >= 15 is 0 Å². The summed E-state index contributed by atoms with van der Waals surface area (Å²) in [5.74, 6) is 0. The van der Waals surface area contributed by atoms with Crippen molar-refractivity contribution in [1.29, 1.82) is 0 Å². The molecular weight excluding hydrogens is 220 g/mol. The molecule has 3 nitrogen and oxygen atoms in total. The molecule has 2 aromatic heterocycles. The smallest absolute Gasteiger partial charge is 0.173 e. The molecule has 0 aromatic carbocycles. The molecule has 0 fully saturated rings. The molecule has 2 heterocycles. The summed E-state index contributed by atoms with van der Waals surface area (Å²) in [7, 11) is 3.74. The highest BCUT2D eigenvalue weighted by Crippen LogP contribution is 2.23. The van der Waals surface area contributed by atoms with Crippen LogP contribution in [0.4, 0.5) is 0 Å². The van der Waals surface area contributed by atoms with Crippen LogP contribution in [0.1, 0.15) is 10.4 Å². The Labute approximate surface area is 99.7 Å². The van der Waals surface area contributed by atoms with Gasteiger partial charge in [0, 0.05) is 37.4 Å². The highest BCUT2D eigenvalue weighted by molar-refractivity contribution is 7.13. The van der Waals surface area contributed by atoms with Crippen molar-refractivity contribution < 1.29 is 4.74 Å². The fraction of sp³-hybridized carbons (Fsp3) is 0.333. The molecule has 0 saturated heterocycles. The summed E-state index contributed by atoms with van der Waals surface area (Å²) >= 11 is 1.68. The number of ether oxygens (including phenoxy) is 1. The van der Waals surface area contributed by atoms with E-state index in [2.05, 4.69) is 34.4 Å². The number of hydrogen-bond acceptors (Lipinski definition) is 3. The van der Waals surface area contributed by atoms with Gasteiger partial charge in [-0.15, -0.1) is 11.3 Å². The van der Waals surface area contributed by atoms with Gasteiger partial charge in [0.25, 0.3) is 0 Å². The molecule has 2 aromatic rings. The van der Waals surface area contributed by atoms with E-state index in [1.165, 1.54) is 10.4 Å². The van der Waals surface area contributed by atoms with Gasteiger partial charge in [-0.1, -0.05) is 0 Å². The summed E-state index contributed by atoms with van der Waals surface area (Å²) in [5.41, 5.74) is 1.31. The lowest BCUT2D eigenvalue weighted by Crippen LogP contribution is -2.11. The molecule has 0 aliphatic heterocycles. The number of methoxy groups -OCH3 is 1. The molecular formula is C12H16N2OS. The fourth-order valence-corrected chi connectivity index (χ4v) is 2.35. The van der Waals surface area contributed by atoms with E-state index in [4.69, 9.17) is 4.74 Å². The molecule has 0 saturated carbocycles. The van der Waals surface area contributed by atoms with E-state index in [0.717, 1.165) is 18.2 Å². The van der Waals surface area contributed by atoms with Gasteiger partial charge in [0.1, 0.15) is 0 Å². The Bertz CT molecular complexity index is 447. The first-order chi connectivity index (χ1) is 7.78. The molecule has 0 bridgehead atoms. The number of nitrogens with zero attached hydrogens (tertiary/aromatic N) is 1. The number of aromatic nitrogens is 1. The monoisotopic (exact) mass is 236 g/mol. The summed E-state index contributed by atoms with van der Waals surface area (Å²) in [6, 6.07) is 6.23. The zero-order valence-electron chi connectivity index (χ0n) is 9.56. The van der Waals surface area contributed by atoms with Gasteiger partial charge in [0.05, 0.1) is 7.11 Å². The van der Waals surface area contributed by atoms with E-state index < -0.39 is 0 Å². The molecule has 0 radical (unpaired) electrons. The van der Waals surface area contributed by atoms with Gasteiger partial charge >= 0.3 is 0 Å². The molecule has 0 atom stereocenters. The van der Waals surface area contributed by atoms with E-state index in [9.17, 15) is 0 Å². The minimum atomic E-state index is 0.892. The largest absolute Gasteiger partial charge is 0.487 e. The van der Waals surface area contributed by atoms with Crippen molar-refractivity contribution in [2.45, 2.75) is 13.1 Å². The van der Waals surface area contributed by atoms with Gasteiger partial charge in [0.2, 0.25) is 0 Å². The molecule has 0 aliphatic carbocycles. The maximum atomic E-state index is 5.15. The van der Waals surface area contributed by atoms with Gasteiger partial charge in [-0.25, -0.2) is 0 Å². The van der Waals surface area contributed by atoms with Crippen LogP contribution >= 0.6 is 11.3 Å². The Morgan fingerprint density at radius 3 is 2.81 bits per heavy atom. The first kappa shape index (κ1) is 11.2. The molecule has 0 amide bonds. The van der Waals surface area contributed by atoms with E-state index in [-0.39, 0.29) is 0 Å². The van der Waals surface area contributed by atoms with Crippen LogP contribution in [0.3, 0.4) is 0 Å². The maximum Gasteiger partial charge on any atom is 0.173 e. The van der Waals surface area contributed by atoms with Crippen molar-refractivity contribution in [3.8, 4) is 5.06 Å². The maximum absolute atomic E-state index is 5.15. The lowest BCUT2D eigenvalue weighted by molar-refractivity contribution is 0.427. The fourth-order valence-electron chi connectivity index (χ4n) is 1.56. The predicted molar refractivity (Wildman–Crippen MR) is 66.8 cm³/mol. The molecule has 16 heavy (non-hydrogen) atoms. The van der Waals surface area contributed by atoms with Crippen LogP contribution in [0, 0.1) is 0 Å². The van der Waals surface area contributed by atoms with Gasteiger partial charge in [-0.3, -0.25) is 0 Å². The molecule has 0 unspecified atom stereocenters. The molecule has 0 spiro atoms. The lowest BCUT2D eigenvalue weighted by atomic mass is 10.3. The zero-order valence-corrected chi connectivity index (χ0v) is 10.4. The highest BCUT2D eigenvalue weighted by atomic mass is 32.1. The predicted octanol–water partition coefficient (Wildman–Crippen LogP) is 2.39. The molecule has 1 N–H and O–H groups in total. The van der Waals surface area contributed by atoms with Crippen LogP contribution in [-0.4, -0.2) is 11.7 Å². The van der Waals surface area contributed by atoms with E-state index in [0.29, 0.717) is 0 Å². The Kier molecular flexibility index (Phi) is 3.64. The second kappa shape index (κ2) is 5.18. The van der Waals surface area contributed by atoms with Crippen molar-refractivity contribution in [3.63, 3.8) is 0 Å². The Morgan fingerprint density at radius 1 is 1.31 bits per heavy atom. The van der Waals surface area contributed by atoms with Crippen LogP contribution < -0.4 is 10.1 Å². The molecule has 4 heteroatoms. The number of rotatable bonds is 5. The summed E-state index contributed by atoms with van der Waals surface area (Å²) in [6.45, 7) is 1.80. The van der Waals surface area contributed by atoms with Crippen LogP contribution in [0.15, 0.2) is 30.6 Å². The number of hydrogen-bond donors (Lipinski definition) is 1. The van der Waals surface area contributed by atoms with Crippen molar-refractivity contribution >= 4 is 11.3 Å². The SMILES string of the molecule is COc1ccc(CNCc2ccn(C)c2)s1.